The normalized spacial score (nSPS) is 11.2. The molecule has 0 atom stereocenters. The average molecular weight is 347 g/mol. The molecular weight excluding hydrogens is 326 g/mol. The van der Waals surface area contributed by atoms with Crippen molar-refractivity contribution in [1.82, 2.24) is 29.7 Å². The van der Waals surface area contributed by atoms with Crippen LogP contribution in [0.2, 0.25) is 0 Å². The van der Waals surface area contributed by atoms with Crippen molar-refractivity contribution < 1.29 is 0 Å². The number of hydrogen-bond acceptors (Lipinski definition) is 5. The van der Waals surface area contributed by atoms with Crippen molar-refractivity contribution in [2.75, 3.05) is 11.9 Å². The highest BCUT2D eigenvalue weighted by Gasteiger charge is 2.14. The summed E-state index contributed by atoms with van der Waals surface area (Å²) >= 11 is 0. The summed E-state index contributed by atoms with van der Waals surface area (Å²) in [6.07, 6.45) is 4.53. The van der Waals surface area contributed by atoms with Crippen molar-refractivity contribution in [3.8, 4) is 11.4 Å². The van der Waals surface area contributed by atoms with E-state index in [1.807, 2.05) is 31.8 Å². The minimum atomic E-state index is 0.723. The van der Waals surface area contributed by atoms with Gasteiger partial charge < -0.3 is 9.47 Å². The summed E-state index contributed by atoms with van der Waals surface area (Å²) in [5.74, 6) is 2.42. The molecule has 0 spiro atoms. The van der Waals surface area contributed by atoms with Crippen LogP contribution >= 0.6 is 0 Å². The van der Waals surface area contributed by atoms with Gasteiger partial charge >= 0.3 is 0 Å². The predicted molar refractivity (Wildman–Crippen MR) is 103 cm³/mol. The molecule has 3 aromatic heterocycles. The SMILES string of the molecule is CCc1cc(-c2n[nH]c(C)n2)ccc1N(C)c1cc2c(cn1)ncn2C. The molecule has 0 saturated carbocycles. The lowest BCUT2D eigenvalue weighted by molar-refractivity contribution is 0.946. The van der Waals surface area contributed by atoms with Crippen molar-refractivity contribution in [2.45, 2.75) is 20.3 Å². The number of nitrogens with one attached hydrogen (secondary N) is 1. The molecule has 0 aliphatic rings. The monoisotopic (exact) mass is 347 g/mol. The lowest BCUT2D eigenvalue weighted by Crippen LogP contribution is -2.13. The summed E-state index contributed by atoms with van der Waals surface area (Å²) in [5.41, 5.74) is 5.32. The summed E-state index contributed by atoms with van der Waals surface area (Å²) in [6.45, 7) is 4.05. The smallest absolute Gasteiger partial charge is 0.181 e. The summed E-state index contributed by atoms with van der Waals surface area (Å²) < 4.78 is 2.00. The Bertz CT molecular complexity index is 1080. The first-order chi connectivity index (χ1) is 12.6. The molecule has 7 nitrogen and oxygen atoms in total. The van der Waals surface area contributed by atoms with Gasteiger partial charge in [0.2, 0.25) is 0 Å². The topological polar surface area (TPSA) is 75.5 Å². The standard InChI is InChI=1S/C19H21N7/c1-5-13-8-14(19-22-12(2)23-24-19)6-7-16(13)26(4)18-9-17-15(10-20-18)21-11-25(17)3/h6-11H,5H2,1-4H3,(H,22,23,24). The van der Waals surface area contributed by atoms with Crippen molar-refractivity contribution in [3.05, 3.63) is 48.2 Å². The summed E-state index contributed by atoms with van der Waals surface area (Å²) in [5, 5.41) is 7.16. The van der Waals surface area contributed by atoms with Crippen LogP contribution in [0.5, 0.6) is 0 Å². The first kappa shape index (κ1) is 16.3. The molecular formula is C19H21N7. The van der Waals surface area contributed by atoms with E-state index < -0.39 is 0 Å². The number of hydrogen-bond donors (Lipinski definition) is 1. The fourth-order valence-electron chi connectivity index (χ4n) is 3.13. The molecule has 0 amide bonds. The third kappa shape index (κ3) is 2.71. The van der Waals surface area contributed by atoms with Crippen LogP contribution in [0, 0.1) is 6.92 Å². The Hall–Kier alpha value is -3.22. The number of pyridine rings is 1. The van der Waals surface area contributed by atoms with E-state index in [0.717, 1.165) is 46.2 Å². The zero-order valence-electron chi connectivity index (χ0n) is 15.4. The molecule has 0 unspecified atom stereocenters. The second-order valence-electron chi connectivity index (χ2n) is 6.39. The van der Waals surface area contributed by atoms with E-state index in [0.29, 0.717) is 0 Å². The molecule has 1 aromatic carbocycles. The van der Waals surface area contributed by atoms with Crippen molar-refractivity contribution >= 4 is 22.5 Å². The number of benzene rings is 1. The van der Waals surface area contributed by atoms with E-state index >= 15 is 0 Å². The van der Waals surface area contributed by atoms with Crippen molar-refractivity contribution in [3.63, 3.8) is 0 Å². The van der Waals surface area contributed by atoms with Gasteiger partial charge in [-0.15, -0.1) is 0 Å². The summed E-state index contributed by atoms with van der Waals surface area (Å²) in [7, 11) is 4.03. The number of aryl methyl sites for hydroxylation is 3. The number of rotatable bonds is 4. The minimum Gasteiger partial charge on any atom is -0.334 e. The number of aromatic amines is 1. The highest BCUT2D eigenvalue weighted by Crippen LogP contribution is 2.30. The number of aromatic nitrogens is 6. The van der Waals surface area contributed by atoms with Crippen molar-refractivity contribution in [2.24, 2.45) is 7.05 Å². The van der Waals surface area contributed by atoms with Gasteiger partial charge in [-0.3, -0.25) is 5.10 Å². The molecule has 4 aromatic rings. The Labute approximate surface area is 151 Å². The van der Waals surface area contributed by atoms with Crippen LogP contribution in [-0.2, 0) is 13.5 Å². The Morgan fingerprint density at radius 1 is 1.19 bits per heavy atom. The molecule has 132 valence electrons. The fraction of sp³-hybridized carbons (Fsp3) is 0.263. The summed E-state index contributed by atoms with van der Waals surface area (Å²) in [6, 6.07) is 8.37. The van der Waals surface area contributed by atoms with E-state index in [4.69, 9.17) is 0 Å². The van der Waals surface area contributed by atoms with Crippen LogP contribution < -0.4 is 4.90 Å². The van der Waals surface area contributed by atoms with Gasteiger partial charge in [0.05, 0.1) is 18.0 Å². The maximum Gasteiger partial charge on any atom is 0.181 e. The van der Waals surface area contributed by atoms with Gasteiger partial charge in [-0.1, -0.05) is 6.92 Å². The highest BCUT2D eigenvalue weighted by molar-refractivity contribution is 5.79. The van der Waals surface area contributed by atoms with E-state index in [1.165, 1.54) is 5.56 Å². The zero-order valence-corrected chi connectivity index (χ0v) is 15.4. The van der Waals surface area contributed by atoms with E-state index in [1.54, 1.807) is 6.33 Å². The highest BCUT2D eigenvalue weighted by atomic mass is 15.2. The molecule has 0 aliphatic heterocycles. The van der Waals surface area contributed by atoms with Crippen LogP contribution in [0.4, 0.5) is 11.5 Å². The number of nitrogens with zero attached hydrogens (tertiary/aromatic N) is 6. The van der Waals surface area contributed by atoms with Gasteiger partial charge in [0, 0.05) is 31.4 Å². The minimum absolute atomic E-state index is 0.723. The molecule has 1 N–H and O–H groups in total. The van der Waals surface area contributed by atoms with E-state index in [9.17, 15) is 0 Å². The number of anilines is 2. The maximum atomic E-state index is 4.58. The van der Waals surface area contributed by atoms with Crippen LogP contribution in [0.1, 0.15) is 18.3 Å². The quantitative estimate of drug-likeness (QED) is 0.612. The number of H-pyrrole nitrogens is 1. The molecule has 7 heteroatoms. The van der Waals surface area contributed by atoms with Gasteiger partial charge in [0.25, 0.3) is 0 Å². The number of fused-ring (bicyclic) bond motifs is 1. The van der Waals surface area contributed by atoms with Gasteiger partial charge in [0.15, 0.2) is 5.82 Å². The predicted octanol–water partition coefficient (Wildman–Crippen LogP) is 3.39. The Balaban J connectivity index is 1.74. The lowest BCUT2D eigenvalue weighted by Gasteiger charge is -2.22. The van der Waals surface area contributed by atoms with Crippen LogP contribution in [-0.4, -0.2) is 36.8 Å². The zero-order chi connectivity index (χ0) is 18.3. The first-order valence-corrected chi connectivity index (χ1v) is 8.60. The van der Waals surface area contributed by atoms with Gasteiger partial charge in [-0.05, 0) is 37.1 Å². The summed E-state index contributed by atoms with van der Waals surface area (Å²) in [4.78, 5) is 15.4. The molecule has 0 fully saturated rings. The second-order valence-corrected chi connectivity index (χ2v) is 6.39. The molecule has 0 saturated heterocycles. The van der Waals surface area contributed by atoms with Crippen LogP contribution in [0.3, 0.4) is 0 Å². The second kappa shape index (κ2) is 6.25. The molecule has 4 rings (SSSR count). The maximum absolute atomic E-state index is 4.58. The van der Waals surface area contributed by atoms with Crippen LogP contribution in [0.25, 0.3) is 22.4 Å². The van der Waals surface area contributed by atoms with Gasteiger partial charge in [-0.2, -0.15) is 5.10 Å². The first-order valence-electron chi connectivity index (χ1n) is 8.60. The Morgan fingerprint density at radius 2 is 2.04 bits per heavy atom. The molecule has 26 heavy (non-hydrogen) atoms. The van der Waals surface area contributed by atoms with Crippen LogP contribution in [0.15, 0.2) is 36.8 Å². The molecule has 3 heterocycles. The fourth-order valence-corrected chi connectivity index (χ4v) is 3.13. The van der Waals surface area contributed by atoms with E-state index in [2.05, 4.69) is 61.2 Å². The molecule has 0 radical (unpaired) electrons. The molecule has 0 bridgehead atoms. The lowest BCUT2D eigenvalue weighted by atomic mass is 10.0. The largest absolute Gasteiger partial charge is 0.334 e. The van der Waals surface area contributed by atoms with Crippen molar-refractivity contribution in [1.29, 1.82) is 0 Å². The third-order valence-corrected chi connectivity index (χ3v) is 4.62. The third-order valence-electron chi connectivity index (χ3n) is 4.62. The average Bonchev–Trinajstić information content (AvgIpc) is 3.26. The number of imidazole rings is 1. The molecule has 0 aliphatic carbocycles. The van der Waals surface area contributed by atoms with E-state index in [-0.39, 0.29) is 0 Å². The Morgan fingerprint density at radius 3 is 2.77 bits per heavy atom. The van der Waals surface area contributed by atoms with Gasteiger partial charge in [0.1, 0.15) is 17.2 Å². The van der Waals surface area contributed by atoms with Gasteiger partial charge in [-0.25, -0.2) is 15.0 Å². The Kier molecular flexibility index (Phi) is 3.91.